The van der Waals surface area contributed by atoms with E-state index in [4.69, 9.17) is 16.3 Å². The van der Waals surface area contributed by atoms with Gasteiger partial charge in [0.25, 0.3) is 5.91 Å². The van der Waals surface area contributed by atoms with Crippen molar-refractivity contribution in [1.29, 1.82) is 0 Å². The van der Waals surface area contributed by atoms with Crippen molar-refractivity contribution in [2.75, 3.05) is 19.6 Å². The number of piperidine rings is 1. The maximum atomic E-state index is 12.7. The second kappa shape index (κ2) is 8.34. The third-order valence-corrected chi connectivity index (χ3v) is 7.66. The fourth-order valence-corrected chi connectivity index (χ4v) is 5.50. The highest BCUT2D eigenvalue weighted by atomic mass is 35.5. The molecule has 2 aromatic carbocycles. The first-order valence-corrected chi connectivity index (χ1v) is 11.5. The highest BCUT2D eigenvalue weighted by Crippen LogP contribution is 2.31. The van der Waals surface area contributed by atoms with Gasteiger partial charge in [0.1, 0.15) is 5.75 Å². The number of hydrogen-bond donors (Lipinski definition) is 1. The molecule has 1 N–H and O–H groups in total. The summed E-state index contributed by atoms with van der Waals surface area (Å²) in [7, 11) is -3.45. The van der Waals surface area contributed by atoms with Crippen LogP contribution >= 0.6 is 11.6 Å². The average molecular weight is 435 g/mol. The Morgan fingerprint density at radius 2 is 1.86 bits per heavy atom. The summed E-state index contributed by atoms with van der Waals surface area (Å²) in [6.07, 6.45) is 1.40. The van der Waals surface area contributed by atoms with Gasteiger partial charge in [-0.3, -0.25) is 4.79 Å². The maximum absolute atomic E-state index is 12.7. The summed E-state index contributed by atoms with van der Waals surface area (Å²) in [6, 6.07) is 13.9. The second-order valence-electron chi connectivity index (χ2n) is 7.47. The highest BCUT2D eigenvalue weighted by molar-refractivity contribution is 7.89. The van der Waals surface area contributed by atoms with Crippen LogP contribution in [0.3, 0.4) is 0 Å². The van der Waals surface area contributed by atoms with Gasteiger partial charge in [0.15, 0.2) is 6.10 Å². The van der Waals surface area contributed by atoms with Crippen LogP contribution in [0.15, 0.2) is 53.4 Å². The molecular formula is C21H23ClN2O4S. The van der Waals surface area contributed by atoms with Gasteiger partial charge in [-0.1, -0.05) is 29.8 Å². The molecular weight excluding hydrogens is 412 g/mol. The van der Waals surface area contributed by atoms with Gasteiger partial charge < -0.3 is 10.1 Å². The molecule has 0 aliphatic carbocycles. The normalized spacial score (nSPS) is 20.1. The predicted octanol–water partition coefficient (Wildman–Crippen LogP) is 2.86. The lowest BCUT2D eigenvalue weighted by Crippen LogP contribution is -2.44. The van der Waals surface area contributed by atoms with E-state index in [2.05, 4.69) is 5.32 Å². The first kappa shape index (κ1) is 20.2. The fourth-order valence-electron chi connectivity index (χ4n) is 3.82. The van der Waals surface area contributed by atoms with Gasteiger partial charge >= 0.3 is 0 Å². The van der Waals surface area contributed by atoms with E-state index in [0.717, 1.165) is 5.56 Å². The Kier molecular flexibility index (Phi) is 5.81. The van der Waals surface area contributed by atoms with Crippen LogP contribution in [0.25, 0.3) is 0 Å². The van der Waals surface area contributed by atoms with Crippen LogP contribution in [-0.2, 0) is 21.2 Å². The Morgan fingerprint density at radius 1 is 1.14 bits per heavy atom. The van der Waals surface area contributed by atoms with Crippen LogP contribution < -0.4 is 10.1 Å². The van der Waals surface area contributed by atoms with Crippen molar-refractivity contribution in [2.24, 2.45) is 5.92 Å². The summed E-state index contributed by atoms with van der Waals surface area (Å²) >= 11 is 5.99. The molecule has 1 fully saturated rings. The maximum Gasteiger partial charge on any atom is 0.261 e. The molecule has 4 rings (SSSR count). The molecule has 8 heteroatoms. The van der Waals surface area contributed by atoms with Gasteiger partial charge in [0, 0.05) is 31.1 Å². The lowest BCUT2D eigenvalue weighted by atomic mass is 9.98. The Bertz CT molecular complexity index is 989. The highest BCUT2D eigenvalue weighted by Gasteiger charge is 2.32. The molecule has 0 saturated carbocycles. The molecule has 1 saturated heterocycles. The summed E-state index contributed by atoms with van der Waals surface area (Å²) in [6.45, 7) is 1.44. The first-order valence-electron chi connectivity index (χ1n) is 9.71. The number of ether oxygens (including phenoxy) is 1. The van der Waals surface area contributed by atoms with Crippen LogP contribution in [-0.4, -0.2) is 44.4 Å². The topological polar surface area (TPSA) is 75.7 Å². The lowest BCUT2D eigenvalue weighted by molar-refractivity contribution is -0.127. The van der Waals surface area contributed by atoms with E-state index in [1.54, 1.807) is 42.5 Å². The van der Waals surface area contributed by atoms with Crippen LogP contribution in [0.4, 0.5) is 0 Å². The third kappa shape index (κ3) is 4.42. The van der Waals surface area contributed by atoms with Gasteiger partial charge in [-0.15, -0.1) is 0 Å². The van der Waals surface area contributed by atoms with Crippen LogP contribution in [0, 0.1) is 5.92 Å². The van der Waals surface area contributed by atoms with Crippen LogP contribution in [0.1, 0.15) is 18.4 Å². The van der Waals surface area contributed by atoms with Crippen LogP contribution in [0.2, 0.25) is 5.02 Å². The van der Waals surface area contributed by atoms with Gasteiger partial charge in [-0.25, -0.2) is 8.42 Å². The molecule has 2 heterocycles. The Morgan fingerprint density at radius 3 is 2.59 bits per heavy atom. The number of benzene rings is 2. The molecule has 1 unspecified atom stereocenters. The largest absolute Gasteiger partial charge is 0.480 e. The summed E-state index contributed by atoms with van der Waals surface area (Å²) in [5.41, 5.74) is 0.942. The van der Waals surface area contributed by atoms with Crippen molar-refractivity contribution in [1.82, 2.24) is 9.62 Å². The molecule has 154 valence electrons. The fraction of sp³-hybridized carbons (Fsp3) is 0.381. The first-order chi connectivity index (χ1) is 13.9. The number of hydrogen-bond acceptors (Lipinski definition) is 4. The molecule has 0 aromatic heterocycles. The number of nitrogens with zero attached hydrogens (tertiary/aromatic N) is 1. The van der Waals surface area contributed by atoms with Crippen molar-refractivity contribution in [3.63, 3.8) is 0 Å². The van der Waals surface area contributed by atoms with Crippen molar-refractivity contribution in [2.45, 2.75) is 30.3 Å². The zero-order valence-electron chi connectivity index (χ0n) is 15.9. The van der Waals surface area contributed by atoms with Crippen LogP contribution in [0.5, 0.6) is 5.75 Å². The zero-order chi connectivity index (χ0) is 20.4. The summed E-state index contributed by atoms with van der Waals surface area (Å²) in [5.74, 6) is 0.810. The number of amides is 1. The van der Waals surface area contributed by atoms with Gasteiger partial charge in [0.2, 0.25) is 10.0 Å². The molecule has 6 nitrogen and oxygen atoms in total. The predicted molar refractivity (Wildman–Crippen MR) is 111 cm³/mol. The minimum absolute atomic E-state index is 0.142. The molecule has 1 amide bonds. The van der Waals surface area contributed by atoms with E-state index in [9.17, 15) is 13.2 Å². The van der Waals surface area contributed by atoms with E-state index in [0.29, 0.717) is 54.6 Å². The van der Waals surface area contributed by atoms with Gasteiger partial charge in [-0.05, 0) is 54.7 Å². The molecule has 2 aliphatic rings. The molecule has 2 aromatic rings. The molecule has 2 aliphatic heterocycles. The Labute approximate surface area is 175 Å². The molecule has 0 radical (unpaired) electrons. The van der Waals surface area contributed by atoms with Gasteiger partial charge in [0.05, 0.1) is 4.90 Å². The third-order valence-electron chi connectivity index (χ3n) is 5.51. The number of fused-ring (bicyclic) bond motifs is 1. The van der Waals surface area contributed by atoms with Crippen molar-refractivity contribution in [3.05, 3.63) is 59.1 Å². The standard InChI is InChI=1S/C21H23ClN2O4S/c22-17-6-7-19-16(12-17)13-20(28-19)21(25)23-14-15-8-10-24(11-9-15)29(26,27)18-4-2-1-3-5-18/h1-7,12,15,20H,8-11,13-14H2,(H,23,25). The van der Waals surface area contributed by atoms with Crippen molar-refractivity contribution >= 4 is 27.5 Å². The Balaban J connectivity index is 1.26. The monoisotopic (exact) mass is 434 g/mol. The van der Waals surface area contributed by atoms with Crippen molar-refractivity contribution < 1.29 is 17.9 Å². The molecule has 0 spiro atoms. The second-order valence-corrected chi connectivity index (χ2v) is 9.84. The van der Waals surface area contributed by atoms with E-state index in [1.165, 1.54) is 4.31 Å². The van der Waals surface area contributed by atoms with Crippen molar-refractivity contribution in [3.8, 4) is 5.75 Å². The minimum Gasteiger partial charge on any atom is -0.480 e. The average Bonchev–Trinajstić information content (AvgIpc) is 3.16. The summed E-state index contributed by atoms with van der Waals surface area (Å²) in [5, 5.41) is 3.59. The zero-order valence-corrected chi connectivity index (χ0v) is 17.5. The van der Waals surface area contributed by atoms with E-state index in [1.807, 2.05) is 6.07 Å². The van der Waals surface area contributed by atoms with E-state index < -0.39 is 16.1 Å². The quantitative estimate of drug-likeness (QED) is 0.785. The summed E-state index contributed by atoms with van der Waals surface area (Å²) < 4.78 is 32.6. The molecule has 1 atom stereocenters. The minimum atomic E-state index is -3.45. The number of nitrogens with one attached hydrogen (secondary N) is 1. The number of rotatable bonds is 5. The lowest BCUT2D eigenvalue weighted by Gasteiger charge is -2.31. The Hall–Kier alpha value is -2.09. The number of carbonyl (C=O) groups excluding carboxylic acids is 1. The van der Waals surface area contributed by atoms with Gasteiger partial charge in [-0.2, -0.15) is 4.31 Å². The molecule has 0 bridgehead atoms. The smallest absolute Gasteiger partial charge is 0.261 e. The number of sulfonamides is 1. The van der Waals surface area contributed by atoms with E-state index >= 15 is 0 Å². The molecule has 29 heavy (non-hydrogen) atoms. The SMILES string of the molecule is O=C(NCC1CCN(S(=O)(=O)c2ccccc2)CC1)C1Cc2cc(Cl)ccc2O1. The van der Waals surface area contributed by atoms with E-state index in [-0.39, 0.29) is 11.8 Å². The number of halogens is 1. The number of carbonyl (C=O) groups is 1. The summed E-state index contributed by atoms with van der Waals surface area (Å²) in [4.78, 5) is 12.8.